The molecule has 0 heterocycles. The smallest absolute Gasteiger partial charge is 0.193 e. The Hall–Kier alpha value is -1.87. The Balaban J connectivity index is 0.00000392. The molecule has 2 rings (SSSR count). The van der Waals surface area contributed by atoms with Crippen LogP contribution in [-0.4, -0.2) is 57.1 Å². The van der Waals surface area contributed by atoms with Crippen LogP contribution in [0.25, 0.3) is 0 Å². The van der Waals surface area contributed by atoms with Gasteiger partial charge in [0.25, 0.3) is 0 Å². The van der Waals surface area contributed by atoms with Gasteiger partial charge in [0.15, 0.2) is 5.96 Å². The van der Waals surface area contributed by atoms with Crippen LogP contribution in [0.2, 0.25) is 0 Å². The van der Waals surface area contributed by atoms with E-state index in [-0.39, 0.29) is 29.8 Å². The molecule has 28 heavy (non-hydrogen) atoms. The Kier molecular flexibility index (Phi) is 10.8. The van der Waals surface area contributed by atoms with Crippen LogP contribution in [0.4, 0.5) is 4.39 Å². The average Bonchev–Trinajstić information content (AvgIpc) is 2.62. The Bertz CT molecular complexity index is 755. The van der Waals surface area contributed by atoms with Crippen molar-refractivity contribution in [3.63, 3.8) is 0 Å². The van der Waals surface area contributed by atoms with Crippen LogP contribution in [0.3, 0.4) is 0 Å². The monoisotopic (exact) mass is 500 g/mol. The fourth-order valence-corrected chi connectivity index (χ4v) is 2.64. The van der Waals surface area contributed by atoms with Gasteiger partial charge in [-0.05, 0) is 49.5 Å². The molecule has 2 aromatic carbocycles. The summed E-state index contributed by atoms with van der Waals surface area (Å²) in [4.78, 5) is 8.37. The van der Waals surface area contributed by atoms with Crippen molar-refractivity contribution in [3.05, 3.63) is 65.5 Å². The molecule has 5 nitrogen and oxygen atoms in total. The second-order valence-corrected chi connectivity index (χ2v) is 6.69. The van der Waals surface area contributed by atoms with Gasteiger partial charge in [-0.1, -0.05) is 24.3 Å². The van der Waals surface area contributed by atoms with Crippen LogP contribution < -0.4 is 10.1 Å². The van der Waals surface area contributed by atoms with E-state index in [1.807, 2.05) is 56.4 Å². The lowest BCUT2D eigenvalue weighted by molar-refractivity contribution is 0.261. The molecule has 0 fully saturated rings. The lowest BCUT2D eigenvalue weighted by atomic mass is 10.2. The molecular formula is C21H30FIN4O. The number of likely N-dealkylation sites (N-methyl/N-ethyl adjacent to an activating group) is 1. The van der Waals surface area contributed by atoms with E-state index in [1.54, 1.807) is 19.2 Å². The van der Waals surface area contributed by atoms with Crippen molar-refractivity contribution in [3.8, 4) is 5.75 Å². The zero-order chi connectivity index (χ0) is 19.6. The molecule has 0 saturated heterocycles. The molecule has 0 aliphatic rings. The number of rotatable bonds is 8. The summed E-state index contributed by atoms with van der Waals surface area (Å²) < 4.78 is 19.1. The highest BCUT2D eigenvalue weighted by molar-refractivity contribution is 14.0. The first-order valence-corrected chi connectivity index (χ1v) is 9.00. The van der Waals surface area contributed by atoms with E-state index >= 15 is 0 Å². The summed E-state index contributed by atoms with van der Waals surface area (Å²) in [6, 6.07) is 14.6. The van der Waals surface area contributed by atoms with Gasteiger partial charge in [0.05, 0.1) is 0 Å². The van der Waals surface area contributed by atoms with Crippen molar-refractivity contribution in [1.82, 2.24) is 15.1 Å². The molecule has 0 aliphatic carbocycles. The summed E-state index contributed by atoms with van der Waals surface area (Å²) >= 11 is 0. The van der Waals surface area contributed by atoms with Crippen molar-refractivity contribution in [1.29, 1.82) is 0 Å². The van der Waals surface area contributed by atoms with Crippen LogP contribution >= 0.6 is 24.0 Å². The molecule has 0 saturated carbocycles. The third kappa shape index (κ3) is 8.43. The molecule has 0 radical (unpaired) electrons. The first kappa shape index (κ1) is 24.2. The molecular weight excluding hydrogens is 470 g/mol. The van der Waals surface area contributed by atoms with Crippen LogP contribution in [0.15, 0.2) is 53.5 Å². The van der Waals surface area contributed by atoms with Gasteiger partial charge < -0.3 is 19.9 Å². The van der Waals surface area contributed by atoms with Gasteiger partial charge in [-0.2, -0.15) is 0 Å². The molecule has 7 heteroatoms. The molecule has 0 spiro atoms. The first-order chi connectivity index (χ1) is 13.0. The van der Waals surface area contributed by atoms with Gasteiger partial charge in [-0.25, -0.2) is 4.39 Å². The summed E-state index contributed by atoms with van der Waals surface area (Å²) in [6.07, 6.45) is 0. The normalized spacial score (nSPS) is 11.1. The molecule has 154 valence electrons. The number of hydrogen-bond donors (Lipinski definition) is 1. The van der Waals surface area contributed by atoms with Crippen LogP contribution in [-0.2, 0) is 13.1 Å². The van der Waals surface area contributed by atoms with Gasteiger partial charge in [-0.15, -0.1) is 24.0 Å². The fraction of sp³-hybridized carbons (Fsp3) is 0.381. The van der Waals surface area contributed by atoms with Crippen LogP contribution in [0, 0.1) is 5.82 Å². The molecule has 1 N–H and O–H groups in total. The third-order valence-corrected chi connectivity index (χ3v) is 4.04. The van der Waals surface area contributed by atoms with E-state index in [1.165, 1.54) is 6.07 Å². The number of halogens is 2. The maximum absolute atomic E-state index is 13.4. The second-order valence-electron chi connectivity index (χ2n) is 6.69. The largest absolute Gasteiger partial charge is 0.492 e. The quantitative estimate of drug-likeness (QED) is 0.342. The molecule has 0 atom stereocenters. The minimum atomic E-state index is -0.227. The Morgan fingerprint density at radius 3 is 2.46 bits per heavy atom. The predicted molar refractivity (Wildman–Crippen MR) is 124 cm³/mol. The van der Waals surface area contributed by atoms with Gasteiger partial charge in [-0.3, -0.25) is 4.99 Å². The number of nitrogens with one attached hydrogen (secondary N) is 1. The Morgan fingerprint density at radius 2 is 1.79 bits per heavy atom. The molecule has 0 bridgehead atoms. The molecule has 0 amide bonds. The SMILES string of the molecule is CN=C(NCc1cccc(OCCN(C)C)c1)N(C)Cc1cccc(F)c1.I. The highest BCUT2D eigenvalue weighted by Crippen LogP contribution is 2.13. The van der Waals surface area contributed by atoms with Gasteiger partial charge in [0.2, 0.25) is 0 Å². The zero-order valence-corrected chi connectivity index (χ0v) is 19.3. The standard InChI is InChI=1S/C21H29FN4O.HI/c1-23-21(26(4)16-18-8-5-9-19(22)13-18)24-15-17-7-6-10-20(14-17)27-12-11-25(2)3;/h5-10,13-14H,11-12,15-16H2,1-4H3,(H,23,24);1H. The fourth-order valence-electron chi connectivity index (χ4n) is 2.64. The summed E-state index contributed by atoms with van der Waals surface area (Å²) in [6.45, 7) is 2.73. The second kappa shape index (κ2) is 12.6. The number of aliphatic imine (C=N–C) groups is 1. The Morgan fingerprint density at radius 1 is 1.07 bits per heavy atom. The predicted octanol–water partition coefficient (Wildman–Crippen LogP) is 3.59. The van der Waals surface area contributed by atoms with Crippen molar-refractivity contribution < 1.29 is 9.13 Å². The number of ether oxygens (including phenoxy) is 1. The average molecular weight is 500 g/mol. The first-order valence-electron chi connectivity index (χ1n) is 9.00. The lowest BCUT2D eigenvalue weighted by Gasteiger charge is -2.22. The maximum Gasteiger partial charge on any atom is 0.193 e. The maximum atomic E-state index is 13.4. The van der Waals surface area contributed by atoms with E-state index in [0.717, 1.165) is 29.4 Å². The van der Waals surface area contributed by atoms with E-state index in [9.17, 15) is 4.39 Å². The molecule has 0 aliphatic heterocycles. The van der Waals surface area contributed by atoms with Crippen molar-refractivity contribution >= 4 is 29.9 Å². The molecule has 0 aromatic heterocycles. The van der Waals surface area contributed by atoms with Crippen LogP contribution in [0.1, 0.15) is 11.1 Å². The van der Waals surface area contributed by atoms with E-state index in [4.69, 9.17) is 4.74 Å². The van der Waals surface area contributed by atoms with Crippen LogP contribution in [0.5, 0.6) is 5.75 Å². The Labute approximate surface area is 184 Å². The number of nitrogens with zero attached hydrogens (tertiary/aromatic N) is 3. The van der Waals surface area contributed by atoms with E-state index < -0.39 is 0 Å². The summed E-state index contributed by atoms with van der Waals surface area (Å²) in [5.41, 5.74) is 2.01. The molecule has 2 aromatic rings. The minimum Gasteiger partial charge on any atom is -0.492 e. The third-order valence-electron chi connectivity index (χ3n) is 4.04. The molecule has 0 unspecified atom stereocenters. The lowest BCUT2D eigenvalue weighted by Crippen LogP contribution is -2.38. The topological polar surface area (TPSA) is 40.1 Å². The zero-order valence-electron chi connectivity index (χ0n) is 17.0. The number of guanidine groups is 1. The highest BCUT2D eigenvalue weighted by Gasteiger charge is 2.07. The highest BCUT2D eigenvalue weighted by atomic mass is 127. The van der Waals surface area contributed by atoms with Crippen molar-refractivity contribution in [2.45, 2.75) is 13.1 Å². The minimum absolute atomic E-state index is 0. The summed E-state index contributed by atoms with van der Waals surface area (Å²) in [7, 11) is 7.72. The van der Waals surface area contributed by atoms with Crippen molar-refractivity contribution in [2.75, 3.05) is 41.3 Å². The number of hydrogen-bond acceptors (Lipinski definition) is 3. The summed E-state index contributed by atoms with van der Waals surface area (Å²) in [5.74, 6) is 1.38. The van der Waals surface area contributed by atoms with Gasteiger partial charge >= 0.3 is 0 Å². The van der Waals surface area contributed by atoms with Crippen molar-refractivity contribution in [2.24, 2.45) is 4.99 Å². The van der Waals surface area contributed by atoms with E-state index in [2.05, 4.69) is 15.2 Å². The van der Waals surface area contributed by atoms with Gasteiger partial charge in [0, 0.05) is 33.7 Å². The van der Waals surface area contributed by atoms with E-state index in [0.29, 0.717) is 19.7 Å². The van der Waals surface area contributed by atoms with Gasteiger partial charge in [0.1, 0.15) is 18.2 Å². The summed E-state index contributed by atoms with van der Waals surface area (Å²) in [5, 5.41) is 3.34. The number of benzene rings is 2.